The van der Waals surface area contributed by atoms with Crippen molar-refractivity contribution >= 4 is 34.5 Å². The third kappa shape index (κ3) is 6.34. The highest BCUT2D eigenvalue weighted by Gasteiger charge is 2.36. The number of rotatable bonds is 7. The number of aromatic hydroxyl groups is 1. The van der Waals surface area contributed by atoms with Gasteiger partial charge in [0.15, 0.2) is 17.8 Å². The maximum atomic E-state index is 14.4. The smallest absolute Gasteiger partial charge is 0.419 e. The topological polar surface area (TPSA) is 160 Å². The fourth-order valence-electron chi connectivity index (χ4n) is 6.14. The lowest BCUT2D eigenvalue weighted by atomic mass is 10.1. The van der Waals surface area contributed by atoms with Crippen molar-refractivity contribution < 1.29 is 41.5 Å². The van der Waals surface area contributed by atoms with Crippen molar-refractivity contribution in [2.75, 3.05) is 43.1 Å². The van der Waals surface area contributed by atoms with Crippen LogP contribution in [-0.4, -0.2) is 85.0 Å². The maximum absolute atomic E-state index is 14.4. The van der Waals surface area contributed by atoms with Crippen molar-refractivity contribution in [1.29, 1.82) is 0 Å². The van der Waals surface area contributed by atoms with Crippen LogP contribution in [0.25, 0.3) is 11.4 Å². The molecule has 4 aromatic rings. The molecular formula is C31H32F4N8O6. The van der Waals surface area contributed by atoms with Crippen molar-refractivity contribution in [3.63, 3.8) is 0 Å². The maximum Gasteiger partial charge on any atom is 0.419 e. The first-order valence-corrected chi connectivity index (χ1v) is 15.4. The number of alkyl halides is 3. The van der Waals surface area contributed by atoms with Gasteiger partial charge in [-0.1, -0.05) is 18.2 Å². The Bertz CT molecular complexity index is 2030. The summed E-state index contributed by atoms with van der Waals surface area (Å²) in [5.74, 6) is -2.85. The number of benzene rings is 1. The van der Waals surface area contributed by atoms with Crippen LogP contribution in [0.4, 0.5) is 28.9 Å². The van der Waals surface area contributed by atoms with Crippen LogP contribution in [0.3, 0.4) is 0 Å². The summed E-state index contributed by atoms with van der Waals surface area (Å²) in [6.07, 6.45) is -1.42. The molecule has 2 N–H and O–H groups in total. The van der Waals surface area contributed by atoms with Gasteiger partial charge in [0.25, 0.3) is 11.5 Å². The molecule has 1 aromatic carbocycles. The molecular weight excluding hydrogens is 656 g/mol. The van der Waals surface area contributed by atoms with Gasteiger partial charge >= 0.3 is 6.18 Å². The Morgan fingerprint density at radius 2 is 1.98 bits per heavy atom. The third-order valence-corrected chi connectivity index (χ3v) is 8.56. The second kappa shape index (κ2) is 13.0. The lowest BCUT2D eigenvalue weighted by Gasteiger charge is -2.41. The molecule has 6 rings (SSSR count). The standard InChI is InChI=1S/C31H32F4N8O6/c1-4-22-26(40-7-8-41(17(3)13-40)28(46)25-23(44)15-49-39-25)29(47)43-30(37-27(38-43)18-5-9-48-10-6-18)42(22)14-24(45)36-21-12-20(32)19(11-16(21)2)31(33,34)35/h5,11-12,15,17,44H,4,6-10,13-14H2,1-3H3,(H,36,45)/t17-/m1/s1. The molecule has 0 radical (unpaired) electrons. The average Bonchev–Trinajstić information content (AvgIpc) is 3.70. The zero-order valence-corrected chi connectivity index (χ0v) is 26.7. The fraction of sp³-hybridized carbons (Fsp3) is 0.419. The molecule has 2 amide bonds. The largest absolute Gasteiger partial charge is 0.503 e. The van der Waals surface area contributed by atoms with E-state index in [0.29, 0.717) is 37.5 Å². The minimum atomic E-state index is -4.91. The summed E-state index contributed by atoms with van der Waals surface area (Å²) in [7, 11) is 0. The lowest BCUT2D eigenvalue weighted by molar-refractivity contribution is -0.140. The summed E-state index contributed by atoms with van der Waals surface area (Å²) in [5, 5.41) is 20.6. The quantitative estimate of drug-likeness (QED) is 0.276. The second-order valence-electron chi connectivity index (χ2n) is 11.8. The predicted molar refractivity (Wildman–Crippen MR) is 166 cm³/mol. The zero-order chi connectivity index (χ0) is 35.2. The molecule has 14 nitrogen and oxygen atoms in total. The van der Waals surface area contributed by atoms with E-state index in [-0.39, 0.29) is 60.3 Å². The molecule has 18 heteroatoms. The highest BCUT2D eigenvalue weighted by molar-refractivity contribution is 5.95. The number of hydrogen-bond acceptors (Lipinski definition) is 10. The van der Waals surface area contributed by atoms with E-state index in [4.69, 9.17) is 9.26 Å². The molecule has 1 fully saturated rings. The first kappa shape index (κ1) is 33.6. The Morgan fingerprint density at radius 1 is 1.20 bits per heavy atom. The molecule has 0 unspecified atom stereocenters. The summed E-state index contributed by atoms with van der Waals surface area (Å²) < 4.78 is 66.9. The molecule has 0 spiro atoms. The highest BCUT2D eigenvalue weighted by atomic mass is 19.4. The zero-order valence-electron chi connectivity index (χ0n) is 26.7. The molecule has 3 aromatic heterocycles. The third-order valence-electron chi connectivity index (χ3n) is 8.56. The van der Waals surface area contributed by atoms with E-state index in [0.717, 1.165) is 16.4 Å². The fourth-order valence-corrected chi connectivity index (χ4v) is 6.14. The number of piperazine rings is 1. The number of anilines is 2. The minimum Gasteiger partial charge on any atom is -0.503 e. The number of nitrogens with zero attached hydrogens (tertiary/aromatic N) is 7. The van der Waals surface area contributed by atoms with Gasteiger partial charge in [0.2, 0.25) is 17.4 Å². The molecule has 2 aliphatic rings. The normalized spacial score (nSPS) is 17.0. The van der Waals surface area contributed by atoms with Gasteiger partial charge < -0.3 is 34.1 Å². The van der Waals surface area contributed by atoms with Crippen molar-refractivity contribution in [1.82, 2.24) is 29.2 Å². The Labute approximate surface area is 275 Å². The van der Waals surface area contributed by atoms with E-state index in [2.05, 4.69) is 20.6 Å². The first-order chi connectivity index (χ1) is 23.3. The predicted octanol–water partition coefficient (Wildman–Crippen LogP) is 3.41. The van der Waals surface area contributed by atoms with Crippen LogP contribution in [0.1, 0.15) is 53.4 Å². The van der Waals surface area contributed by atoms with E-state index in [1.54, 1.807) is 24.8 Å². The number of aryl methyl sites for hydroxylation is 1. The van der Waals surface area contributed by atoms with Gasteiger partial charge in [0.1, 0.15) is 18.0 Å². The number of nitrogens with one attached hydrogen (secondary N) is 1. The van der Waals surface area contributed by atoms with Crippen LogP contribution in [0.15, 0.2) is 33.8 Å². The van der Waals surface area contributed by atoms with E-state index in [1.807, 2.05) is 0 Å². The number of ether oxygens (including phenoxy) is 1. The molecule has 0 saturated carbocycles. The molecule has 0 bridgehead atoms. The van der Waals surface area contributed by atoms with E-state index >= 15 is 0 Å². The van der Waals surface area contributed by atoms with Crippen LogP contribution in [0, 0.1) is 12.7 Å². The average molecular weight is 689 g/mol. The Balaban J connectivity index is 1.38. The van der Waals surface area contributed by atoms with Crippen LogP contribution < -0.4 is 15.8 Å². The van der Waals surface area contributed by atoms with E-state index in [9.17, 15) is 37.1 Å². The summed E-state index contributed by atoms with van der Waals surface area (Å²) in [6, 6.07) is 0.793. The molecule has 0 aliphatic carbocycles. The Morgan fingerprint density at radius 3 is 2.61 bits per heavy atom. The number of halogens is 4. The molecule has 5 heterocycles. The van der Waals surface area contributed by atoms with Crippen LogP contribution in [-0.2, 0) is 28.7 Å². The number of carbonyl (C=O) groups is 2. The molecule has 1 atom stereocenters. The number of carbonyl (C=O) groups excluding carboxylic acids is 2. The number of aromatic nitrogens is 5. The van der Waals surface area contributed by atoms with Crippen LogP contribution in [0.5, 0.6) is 5.75 Å². The first-order valence-electron chi connectivity index (χ1n) is 15.4. The summed E-state index contributed by atoms with van der Waals surface area (Å²) in [4.78, 5) is 48.7. The van der Waals surface area contributed by atoms with Crippen molar-refractivity contribution in [2.24, 2.45) is 0 Å². The summed E-state index contributed by atoms with van der Waals surface area (Å²) >= 11 is 0. The van der Waals surface area contributed by atoms with Gasteiger partial charge in [0.05, 0.1) is 24.5 Å². The minimum absolute atomic E-state index is 0.0000884. The van der Waals surface area contributed by atoms with Crippen LogP contribution in [0.2, 0.25) is 0 Å². The number of amides is 2. The number of fused-ring (bicyclic) bond motifs is 1. The van der Waals surface area contributed by atoms with Gasteiger partial charge in [-0.05, 0) is 50.0 Å². The molecule has 260 valence electrons. The van der Waals surface area contributed by atoms with Crippen molar-refractivity contribution in [3.8, 4) is 5.75 Å². The molecule has 1 saturated heterocycles. The second-order valence-corrected chi connectivity index (χ2v) is 11.8. The van der Waals surface area contributed by atoms with E-state index < -0.39 is 53.3 Å². The molecule has 49 heavy (non-hydrogen) atoms. The van der Waals surface area contributed by atoms with Crippen molar-refractivity contribution in [2.45, 2.75) is 52.4 Å². The molecule has 2 aliphatic heterocycles. The SMILES string of the molecule is CCc1c(N2CCN(C(=O)c3nocc3O)[C@H](C)C2)c(=O)n2nc(C3=CCOCC3)nc2n1CC(=O)Nc1cc(F)c(C(F)(F)F)cc1C. The highest BCUT2D eigenvalue weighted by Crippen LogP contribution is 2.34. The Kier molecular flexibility index (Phi) is 8.91. The summed E-state index contributed by atoms with van der Waals surface area (Å²) in [5.41, 5.74) is -0.938. The Hall–Kier alpha value is -5.26. The van der Waals surface area contributed by atoms with Gasteiger partial charge in [-0.2, -0.15) is 22.7 Å². The van der Waals surface area contributed by atoms with Crippen LogP contribution >= 0.6 is 0 Å². The monoisotopic (exact) mass is 688 g/mol. The van der Waals surface area contributed by atoms with Crippen molar-refractivity contribution in [3.05, 3.63) is 69.0 Å². The van der Waals surface area contributed by atoms with E-state index in [1.165, 1.54) is 16.4 Å². The number of hydrogen-bond donors (Lipinski definition) is 2. The summed E-state index contributed by atoms with van der Waals surface area (Å²) in [6.45, 7) is 5.74. The lowest BCUT2D eigenvalue weighted by Crippen LogP contribution is -2.55. The van der Waals surface area contributed by atoms with Gasteiger partial charge in [0, 0.05) is 31.4 Å². The van der Waals surface area contributed by atoms with Gasteiger partial charge in [-0.15, -0.1) is 5.10 Å². The van der Waals surface area contributed by atoms with Gasteiger partial charge in [-0.3, -0.25) is 14.4 Å². The van der Waals surface area contributed by atoms with Gasteiger partial charge in [-0.25, -0.2) is 4.39 Å².